The molecule has 6 heteroatoms. The maximum Gasteiger partial charge on any atom is 0.405 e. The third kappa shape index (κ3) is 5.00. The van der Waals surface area contributed by atoms with Crippen LogP contribution < -0.4 is 10.6 Å². The number of nitrogens with zero attached hydrogens (tertiary/aromatic N) is 2. The summed E-state index contributed by atoms with van der Waals surface area (Å²) < 4.78 is 5.18. The molecule has 27 heavy (non-hydrogen) atoms. The summed E-state index contributed by atoms with van der Waals surface area (Å²) in [5, 5.41) is 0. The molecular weight excluding hydrogens is 342 g/mol. The van der Waals surface area contributed by atoms with E-state index in [1.165, 1.54) is 11.3 Å². The zero-order valence-electron chi connectivity index (χ0n) is 15.5. The van der Waals surface area contributed by atoms with Gasteiger partial charge in [0.15, 0.2) is 0 Å². The SMILES string of the molecule is Cc1ccc(N2CCN(C(=O)C[C@@H](OC(N)=O)c3ccccc3)CC2)cc1. The summed E-state index contributed by atoms with van der Waals surface area (Å²) in [5.41, 5.74) is 8.36. The molecule has 0 saturated carbocycles. The highest BCUT2D eigenvalue weighted by Crippen LogP contribution is 2.23. The zero-order chi connectivity index (χ0) is 19.2. The molecule has 0 aliphatic carbocycles. The molecule has 1 aliphatic heterocycles. The minimum absolute atomic E-state index is 0.0336. The van der Waals surface area contributed by atoms with E-state index in [0.29, 0.717) is 13.1 Å². The maximum atomic E-state index is 12.7. The van der Waals surface area contributed by atoms with E-state index in [1.807, 2.05) is 35.2 Å². The van der Waals surface area contributed by atoms with Crippen LogP contribution in [-0.4, -0.2) is 43.1 Å². The van der Waals surface area contributed by atoms with Gasteiger partial charge in [-0.2, -0.15) is 0 Å². The Kier molecular flexibility index (Phi) is 5.96. The van der Waals surface area contributed by atoms with Gasteiger partial charge in [0.05, 0.1) is 6.42 Å². The van der Waals surface area contributed by atoms with E-state index < -0.39 is 12.2 Å². The Labute approximate surface area is 159 Å². The third-order valence-electron chi connectivity index (χ3n) is 4.82. The van der Waals surface area contributed by atoms with E-state index in [1.54, 1.807) is 0 Å². The van der Waals surface area contributed by atoms with Crippen molar-refractivity contribution in [1.29, 1.82) is 0 Å². The van der Waals surface area contributed by atoms with Gasteiger partial charge in [0.2, 0.25) is 5.91 Å². The fourth-order valence-electron chi connectivity index (χ4n) is 3.29. The quantitative estimate of drug-likeness (QED) is 0.882. The summed E-state index contributed by atoms with van der Waals surface area (Å²) in [5.74, 6) is -0.0336. The van der Waals surface area contributed by atoms with Crippen LogP contribution in [0.5, 0.6) is 0 Å². The largest absolute Gasteiger partial charge is 0.441 e. The Morgan fingerprint density at radius 2 is 1.63 bits per heavy atom. The summed E-state index contributed by atoms with van der Waals surface area (Å²) >= 11 is 0. The fourth-order valence-corrected chi connectivity index (χ4v) is 3.29. The second-order valence-corrected chi connectivity index (χ2v) is 6.74. The Morgan fingerprint density at radius 3 is 2.22 bits per heavy atom. The van der Waals surface area contributed by atoms with Gasteiger partial charge in [0, 0.05) is 31.9 Å². The number of hydrogen-bond acceptors (Lipinski definition) is 4. The third-order valence-corrected chi connectivity index (χ3v) is 4.82. The summed E-state index contributed by atoms with van der Waals surface area (Å²) in [6.07, 6.45) is -1.44. The van der Waals surface area contributed by atoms with Crippen LogP contribution in [0.3, 0.4) is 0 Å². The molecule has 0 aromatic heterocycles. The number of amides is 2. The average molecular weight is 367 g/mol. The van der Waals surface area contributed by atoms with Gasteiger partial charge >= 0.3 is 6.09 Å². The van der Waals surface area contributed by atoms with E-state index >= 15 is 0 Å². The molecule has 1 fully saturated rings. The molecule has 6 nitrogen and oxygen atoms in total. The number of nitrogens with two attached hydrogens (primary N) is 1. The van der Waals surface area contributed by atoms with E-state index in [-0.39, 0.29) is 12.3 Å². The van der Waals surface area contributed by atoms with Crippen LogP contribution in [0.15, 0.2) is 54.6 Å². The van der Waals surface area contributed by atoms with Crippen molar-refractivity contribution in [3.05, 3.63) is 65.7 Å². The Balaban J connectivity index is 1.59. The number of benzene rings is 2. The van der Waals surface area contributed by atoms with E-state index in [2.05, 4.69) is 36.1 Å². The van der Waals surface area contributed by atoms with Crippen molar-refractivity contribution in [2.45, 2.75) is 19.4 Å². The number of primary amides is 1. The molecule has 0 spiro atoms. The van der Waals surface area contributed by atoms with E-state index in [9.17, 15) is 9.59 Å². The molecule has 3 rings (SSSR count). The molecule has 1 aliphatic rings. The molecule has 1 saturated heterocycles. The molecule has 2 aromatic carbocycles. The molecule has 2 aromatic rings. The van der Waals surface area contributed by atoms with Crippen molar-refractivity contribution >= 4 is 17.7 Å². The Hall–Kier alpha value is -3.02. The number of aryl methyl sites for hydroxylation is 1. The predicted molar refractivity (Wildman–Crippen MR) is 104 cm³/mol. The molecule has 2 N–H and O–H groups in total. The maximum absolute atomic E-state index is 12.7. The number of piperazine rings is 1. The number of ether oxygens (including phenoxy) is 1. The first-order chi connectivity index (χ1) is 13.0. The highest BCUT2D eigenvalue weighted by atomic mass is 16.6. The highest BCUT2D eigenvalue weighted by Gasteiger charge is 2.26. The lowest BCUT2D eigenvalue weighted by Gasteiger charge is -2.36. The van der Waals surface area contributed by atoms with Gasteiger partial charge in [-0.3, -0.25) is 4.79 Å². The lowest BCUT2D eigenvalue weighted by molar-refractivity contribution is -0.133. The van der Waals surface area contributed by atoms with Crippen molar-refractivity contribution in [3.8, 4) is 0 Å². The summed E-state index contributed by atoms with van der Waals surface area (Å²) in [6.45, 7) is 4.91. The normalized spacial score (nSPS) is 15.3. The molecule has 2 amide bonds. The number of carbonyl (C=O) groups excluding carboxylic acids is 2. The first kappa shape index (κ1) is 18.8. The van der Waals surface area contributed by atoms with Crippen LogP contribution in [0.2, 0.25) is 0 Å². The standard InChI is InChI=1S/C21H25N3O3/c1-16-7-9-18(10-8-16)23-11-13-24(14-12-23)20(25)15-19(27-21(22)26)17-5-3-2-4-6-17/h2-10,19H,11-15H2,1H3,(H2,22,26)/t19-/m1/s1. The van der Waals surface area contributed by atoms with E-state index in [0.717, 1.165) is 18.7 Å². The minimum Gasteiger partial charge on any atom is -0.441 e. The fraction of sp³-hybridized carbons (Fsp3) is 0.333. The summed E-state index contributed by atoms with van der Waals surface area (Å²) in [7, 11) is 0. The molecule has 142 valence electrons. The van der Waals surface area contributed by atoms with Crippen molar-refractivity contribution in [1.82, 2.24) is 4.90 Å². The molecule has 1 atom stereocenters. The van der Waals surface area contributed by atoms with E-state index in [4.69, 9.17) is 10.5 Å². The predicted octanol–water partition coefficient (Wildman–Crippen LogP) is 2.87. The summed E-state index contributed by atoms with van der Waals surface area (Å²) in [6, 6.07) is 17.6. The number of hydrogen-bond donors (Lipinski definition) is 1. The van der Waals surface area contributed by atoms with Gasteiger partial charge in [-0.25, -0.2) is 4.79 Å². The van der Waals surface area contributed by atoms with Crippen molar-refractivity contribution < 1.29 is 14.3 Å². The van der Waals surface area contributed by atoms with Gasteiger partial charge in [-0.15, -0.1) is 0 Å². The number of carbonyl (C=O) groups is 2. The molecule has 1 heterocycles. The highest BCUT2D eigenvalue weighted by molar-refractivity contribution is 5.78. The summed E-state index contributed by atoms with van der Waals surface area (Å²) in [4.78, 5) is 28.1. The van der Waals surface area contributed by atoms with Crippen LogP contribution in [0.25, 0.3) is 0 Å². The molecule has 0 bridgehead atoms. The second kappa shape index (κ2) is 8.58. The number of rotatable bonds is 5. The smallest absolute Gasteiger partial charge is 0.405 e. The lowest BCUT2D eigenvalue weighted by Crippen LogP contribution is -2.49. The van der Waals surface area contributed by atoms with Crippen molar-refractivity contribution in [3.63, 3.8) is 0 Å². The van der Waals surface area contributed by atoms with Gasteiger partial charge in [-0.05, 0) is 24.6 Å². The second-order valence-electron chi connectivity index (χ2n) is 6.74. The zero-order valence-corrected chi connectivity index (χ0v) is 15.5. The monoisotopic (exact) mass is 367 g/mol. The molecular formula is C21H25N3O3. The van der Waals surface area contributed by atoms with Crippen LogP contribution >= 0.6 is 0 Å². The Bertz CT molecular complexity index is 769. The molecule has 0 radical (unpaired) electrons. The van der Waals surface area contributed by atoms with Crippen LogP contribution in [0, 0.1) is 6.92 Å². The van der Waals surface area contributed by atoms with Gasteiger partial charge in [0.25, 0.3) is 0 Å². The van der Waals surface area contributed by atoms with Crippen LogP contribution in [0.4, 0.5) is 10.5 Å². The van der Waals surface area contributed by atoms with Gasteiger partial charge in [-0.1, -0.05) is 48.0 Å². The Morgan fingerprint density at radius 1 is 1.00 bits per heavy atom. The first-order valence-electron chi connectivity index (χ1n) is 9.13. The van der Waals surface area contributed by atoms with Crippen LogP contribution in [-0.2, 0) is 9.53 Å². The van der Waals surface area contributed by atoms with Gasteiger partial charge in [0.1, 0.15) is 6.10 Å². The lowest BCUT2D eigenvalue weighted by atomic mass is 10.1. The number of anilines is 1. The average Bonchev–Trinajstić information content (AvgIpc) is 2.68. The van der Waals surface area contributed by atoms with Crippen LogP contribution in [0.1, 0.15) is 23.7 Å². The minimum atomic E-state index is -0.874. The van der Waals surface area contributed by atoms with Crippen molar-refractivity contribution in [2.24, 2.45) is 5.73 Å². The molecule has 0 unspecified atom stereocenters. The van der Waals surface area contributed by atoms with Crippen molar-refractivity contribution in [2.75, 3.05) is 31.1 Å². The topological polar surface area (TPSA) is 75.9 Å². The van der Waals surface area contributed by atoms with Gasteiger partial charge < -0.3 is 20.3 Å². The first-order valence-corrected chi connectivity index (χ1v) is 9.13.